The first-order chi connectivity index (χ1) is 10.9. The fraction of sp³-hybridized carbons (Fsp3) is 0. The van der Waals surface area contributed by atoms with Gasteiger partial charge in [0.05, 0.1) is 21.7 Å². The van der Waals surface area contributed by atoms with Crippen LogP contribution in [-0.2, 0) is 4.74 Å². The van der Waals surface area contributed by atoms with Crippen LogP contribution in [-0.4, -0.2) is 22.0 Å². The lowest BCUT2D eigenvalue weighted by Crippen LogP contribution is -2.18. The molecule has 0 fully saturated rings. The molecule has 23 heavy (non-hydrogen) atoms. The van der Waals surface area contributed by atoms with E-state index in [0.29, 0.717) is 10.7 Å². The third-order valence-corrected chi connectivity index (χ3v) is 4.46. The first-order valence-electron chi connectivity index (χ1n) is 6.17. The topological polar surface area (TPSA) is 95.2 Å². The van der Waals surface area contributed by atoms with Crippen LogP contribution in [0.5, 0.6) is 0 Å². The van der Waals surface area contributed by atoms with Crippen molar-refractivity contribution in [2.75, 3.05) is 0 Å². The number of halogens is 2. The maximum Gasteiger partial charge on any atom is 0.412 e. The zero-order chi connectivity index (χ0) is 16.6. The molecule has 3 rings (SSSR count). The van der Waals surface area contributed by atoms with Crippen LogP contribution in [0.3, 0.4) is 0 Å². The second-order valence-corrected chi connectivity index (χ2v) is 6.24. The first-order valence-corrected chi connectivity index (χ1v) is 7.75. The number of esters is 1. The molecule has 0 saturated heterocycles. The number of nitrogens with two attached hydrogens (primary N) is 1. The van der Waals surface area contributed by atoms with Crippen LogP contribution < -0.4 is 5.73 Å². The minimum absolute atomic E-state index is 0.0904. The van der Waals surface area contributed by atoms with Crippen molar-refractivity contribution in [3.8, 4) is 10.6 Å². The second-order valence-electron chi connectivity index (χ2n) is 4.41. The molecule has 3 aromatic rings. The number of thiophene rings is 1. The molecule has 0 atom stereocenters. The van der Waals surface area contributed by atoms with Gasteiger partial charge in [0.15, 0.2) is 0 Å². The zero-order valence-electron chi connectivity index (χ0n) is 11.2. The quantitative estimate of drug-likeness (QED) is 0.421. The first kappa shape index (κ1) is 15.7. The molecule has 0 radical (unpaired) electrons. The monoisotopic (exact) mass is 367 g/mol. The standard InChI is InChI=1S/C14H7Cl2N3O3S/c15-8-5-18-13(16)19-11(8)10-3-6-1-2-7(4-9(6)23-10)12(20)22-14(17)21/h1-5H,(H2,17,21). The Morgan fingerprint density at radius 1 is 1.22 bits per heavy atom. The van der Waals surface area contributed by atoms with Crippen molar-refractivity contribution in [3.05, 3.63) is 46.3 Å². The van der Waals surface area contributed by atoms with Gasteiger partial charge in [0, 0.05) is 4.70 Å². The largest absolute Gasteiger partial charge is 0.412 e. The summed E-state index contributed by atoms with van der Waals surface area (Å²) >= 11 is 13.3. The Morgan fingerprint density at radius 2 is 2.00 bits per heavy atom. The Balaban J connectivity index is 2.04. The van der Waals surface area contributed by atoms with Crippen molar-refractivity contribution in [1.29, 1.82) is 0 Å². The van der Waals surface area contributed by atoms with Crippen LogP contribution in [0.1, 0.15) is 10.4 Å². The Kier molecular flexibility index (Phi) is 4.16. The van der Waals surface area contributed by atoms with Gasteiger partial charge in [-0.2, -0.15) is 0 Å². The summed E-state index contributed by atoms with van der Waals surface area (Å²) in [7, 11) is 0. The summed E-state index contributed by atoms with van der Waals surface area (Å²) in [6.45, 7) is 0. The second kappa shape index (κ2) is 6.11. The predicted molar refractivity (Wildman–Crippen MR) is 87.9 cm³/mol. The number of ether oxygens (including phenoxy) is 1. The number of carbonyl (C=O) groups excluding carboxylic acids is 2. The van der Waals surface area contributed by atoms with Gasteiger partial charge in [-0.15, -0.1) is 11.3 Å². The molecule has 0 bridgehead atoms. The molecule has 1 aromatic carbocycles. The van der Waals surface area contributed by atoms with Gasteiger partial charge in [0.25, 0.3) is 0 Å². The highest BCUT2D eigenvalue weighted by Gasteiger charge is 2.14. The number of rotatable bonds is 2. The zero-order valence-corrected chi connectivity index (χ0v) is 13.6. The highest BCUT2D eigenvalue weighted by molar-refractivity contribution is 7.22. The number of aromatic nitrogens is 2. The summed E-state index contributed by atoms with van der Waals surface area (Å²) < 4.78 is 5.15. The van der Waals surface area contributed by atoms with E-state index in [9.17, 15) is 9.59 Å². The van der Waals surface area contributed by atoms with Crippen LogP contribution in [0.4, 0.5) is 4.79 Å². The molecule has 0 aliphatic carbocycles. The van der Waals surface area contributed by atoms with E-state index in [0.717, 1.165) is 15.0 Å². The number of carbonyl (C=O) groups is 2. The summed E-state index contributed by atoms with van der Waals surface area (Å²) in [4.78, 5) is 31.0. The lowest BCUT2D eigenvalue weighted by molar-refractivity contribution is 0.0638. The number of hydrogen-bond acceptors (Lipinski definition) is 6. The van der Waals surface area contributed by atoms with Gasteiger partial charge in [0.1, 0.15) is 5.69 Å². The van der Waals surface area contributed by atoms with Crippen LogP contribution in [0.15, 0.2) is 30.5 Å². The number of fused-ring (bicyclic) bond motifs is 1. The fourth-order valence-electron chi connectivity index (χ4n) is 1.94. The van der Waals surface area contributed by atoms with E-state index in [1.165, 1.54) is 17.5 Å². The number of benzene rings is 1. The molecule has 2 aromatic heterocycles. The normalized spacial score (nSPS) is 10.7. The van der Waals surface area contributed by atoms with E-state index in [2.05, 4.69) is 14.7 Å². The molecule has 0 aliphatic rings. The summed E-state index contributed by atoms with van der Waals surface area (Å²) in [6, 6.07) is 6.74. The molecular weight excluding hydrogens is 361 g/mol. The van der Waals surface area contributed by atoms with Crippen LogP contribution in [0.25, 0.3) is 20.7 Å². The Morgan fingerprint density at radius 3 is 2.74 bits per heavy atom. The van der Waals surface area contributed by atoms with E-state index < -0.39 is 12.1 Å². The predicted octanol–water partition coefficient (Wildman–Crippen LogP) is 3.90. The summed E-state index contributed by atoms with van der Waals surface area (Å²) in [6.07, 6.45) is 0.274. The molecule has 6 nitrogen and oxygen atoms in total. The average molecular weight is 368 g/mol. The average Bonchev–Trinajstić information content (AvgIpc) is 2.91. The molecule has 9 heteroatoms. The Bertz CT molecular complexity index is 942. The molecule has 2 heterocycles. The lowest BCUT2D eigenvalue weighted by Gasteiger charge is -1.99. The van der Waals surface area contributed by atoms with E-state index >= 15 is 0 Å². The van der Waals surface area contributed by atoms with Crippen LogP contribution in [0, 0.1) is 0 Å². The third-order valence-electron chi connectivity index (χ3n) is 2.90. The van der Waals surface area contributed by atoms with Gasteiger partial charge in [-0.3, -0.25) is 0 Å². The maximum absolute atomic E-state index is 11.7. The Labute approximate surface area is 143 Å². The lowest BCUT2D eigenvalue weighted by atomic mass is 10.1. The minimum Gasteiger partial charge on any atom is -0.373 e. The molecule has 0 unspecified atom stereocenters. The molecule has 2 N–H and O–H groups in total. The SMILES string of the molecule is NC(=O)OC(=O)c1ccc2cc(-c3nc(Cl)ncc3Cl)sc2c1. The number of hydrogen-bond donors (Lipinski definition) is 1. The van der Waals surface area contributed by atoms with E-state index in [-0.39, 0.29) is 10.8 Å². The highest BCUT2D eigenvalue weighted by Crippen LogP contribution is 2.36. The van der Waals surface area contributed by atoms with Crippen LogP contribution >= 0.6 is 34.5 Å². The van der Waals surface area contributed by atoms with Gasteiger partial charge >= 0.3 is 12.1 Å². The molecule has 0 aliphatic heterocycles. The van der Waals surface area contributed by atoms with E-state index in [4.69, 9.17) is 28.9 Å². The van der Waals surface area contributed by atoms with Crippen molar-refractivity contribution in [3.63, 3.8) is 0 Å². The van der Waals surface area contributed by atoms with Gasteiger partial charge in [-0.05, 0) is 35.2 Å². The van der Waals surface area contributed by atoms with Crippen molar-refractivity contribution < 1.29 is 14.3 Å². The summed E-state index contributed by atoms with van der Waals surface area (Å²) in [5.74, 6) is -0.808. The van der Waals surface area contributed by atoms with E-state index in [1.54, 1.807) is 18.2 Å². The van der Waals surface area contributed by atoms with Crippen molar-refractivity contribution in [2.45, 2.75) is 0 Å². The van der Waals surface area contributed by atoms with Crippen molar-refractivity contribution in [1.82, 2.24) is 9.97 Å². The number of nitrogens with zero attached hydrogens (tertiary/aromatic N) is 2. The molecule has 0 saturated carbocycles. The van der Waals surface area contributed by atoms with Gasteiger partial charge in [0.2, 0.25) is 5.28 Å². The van der Waals surface area contributed by atoms with Crippen molar-refractivity contribution >= 4 is 56.7 Å². The fourth-order valence-corrected chi connectivity index (χ4v) is 3.43. The van der Waals surface area contributed by atoms with Gasteiger partial charge in [-0.1, -0.05) is 17.7 Å². The molecular formula is C14H7Cl2N3O3S. The van der Waals surface area contributed by atoms with E-state index in [1.807, 2.05) is 6.07 Å². The van der Waals surface area contributed by atoms with Crippen molar-refractivity contribution in [2.24, 2.45) is 5.73 Å². The highest BCUT2D eigenvalue weighted by atomic mass is 35.5. The van der Waals surface area contributed by atoms with Gasteiger partial charge in [-0.25, -0.2) is 19.6 Å². The Hall–Kier alpha value is -2.22. The summed E-state index contributed by atoms with van der Waals surface area (Å²) in [5, 5.41) is 1.34. The third kappa shape index (κ3) is 3.26. The number of primary amides is 1. The minimum atomic E-state index is -1.15. The van der Waals surface area contributed by atoms with Gasteiger partial charge < -0.3 is 10.5 Å². The molecule has 0 spiro atoms. The maximum atomic E-state index is 11.7. The molecule has 116 valence electrons. The number of amides is 1. The molecule has 1 amide bonds. The van der Waals surface area contributed by atoms with Crippen LogP contribution in [0.2, 0.25) is 10.3 Å². The summed E-state index contributed by atoms with van der Waals surface area (Å²) in [5.41, 5.74) is 5.56. The smallest absolute Gasteiger partial charge is 0.373 e.